The molecule has 0 aliphatic rings. The van der Waals surface area contributed by atoms with Crippen LogP contribution in [-0.2, 0) is 6.42 Å². The number of aromatic hydroxyl groups is 2. The van der Waals surface area contributed by atoms with E-state index in [1.165, 1.54) is 6.07 Å². The third kappa shape index (κ3) is 4.66. The SMILES string of the molecule is CCNC(=O)c1noc(-c2cc(C(C)C)c(O)cc2O)c1Cc1ccc(N(C)C)cc1. The molecule has 164 valence electrons. The van der Waals surface area contributed by atoms with Crippen molar-refractivity contribution >= 4 is 11.6 Å². The van der Waals surface area contributed by atoms with Crippen LogP contribution in [0.4, 0.5) is 5.69 Å². The van der Waals surface area contributed by atoms with E-state index in [0.717, 1.165) is 11.3 Å². The monoisotopic (exact) mass is 423 g/mol. The van der Waals surface area contributed by atoms with E-state index in [4.69, 9.17) is 4.52 Å². The fraction of sp³-hybridized carbons (Fsp3) is 0.333. The standard InChI is InChI=1S/C24H29N3O4/c1-6-25-24(30)22-19(11-15-7-9-16(10-8-15)27(4)5)23(31-26-22)18-12-17(14(2)3)20(28)13-21(18)29/h7-10,12-14,28-29H,6,11H2,1-5H3,(H,25,30). The van der Waals surface area contributed by atoms with Gasteiger partial charge in [0.1, 0.15) is 11.5 Å². The number of nitrogens with one attached hydrogen (secondary N) is 1. The Kier molecular flexibility index (Phi) is 6.53. The van der Waals surface area contributed by atoms with Gasteiger partial charge in [0.25, 0.3) is 5.91 Å². The van der Waals surface area contributed by atoms with Crippen LogP contribution in [-0.4, -0.2) is 41.9 Å². The van der Waals surface area contributed by atoms with E-state index in [9.17, 15) is 15.0 Å². The lowest BCUT2D eigenvalue weighted by molar-refractivity contribution is 0.0946. The molecule has 1 aromatic heterocycles. The van der Waals surface area contributed by atoms with Crippen molar-refractivity contribution in [3.63, 3.8) is 0 Å². The second-order valence-corrected chi connectivity index (χ2v) is 8.02. The van der Waals surface area contributed by atoms with E-state index in [0.29, 0.717) is 35.4 Å². The van der Waals surface area contributed by atoms with Crippen LogP contribution >= 0.6 is 0 Å². The number of hydrogen-bond acceptors (Lipinski definition) is 6. The third-order valence-electron chi connectivity index (χ3n) is 5.19. The van der Waals surface area contributed by atoms with Crippen molar-refractivity contribution in [2.75, 3.05) is 25.5 Å². The van der Waals surface area contributed by atoms with Gasteiger partial charge in [-0.15, -0.1) is 0 Å². The summed E-state index contributed by atoms with van der Waals surface area (Å²) in [6.07, 6.45) is 0.399. The molecule has 0 unspecified atom stereocenters. The highest BCUT2D eigenvalue weighted by Gasteiger charge is 2.26. The highest BCUT2D eigenvalue weighted by atomic mass is 16.5. The number of amides is 1. The van der Waals surface area contributed by atoms with Gasteiger partial charge in [-0.1, -0.05) is 31.1 Å². The van der Waals surface area contributed by atoms with E-state index >= 15 is 0 Å². The Morgan fingerprint density at radius 2 is 1.81 bits per heavy atom. The lowest BCUT2D eigenvalue weighted by atomic mass is 9.94. The summed E-state index contributed by atoms with van der Waals surface area (Å²) in [6, 6.07) is 11.0. The van der Waals surface area contributed by atoms with Crippen LogP contribution < -0.4 is 10.2 Å². The quantitative estimate of drug-likeness (QED) is 0.525. The van der Waals surface area contributed by atoms with Gasteiger partial charge in [-0.2, -0.15) is 0 Å². The molecule has 0 aliphatic carbocycles. The van der Waals surface area contributed by atoms with Crippen molar-refractivity contribution in [3.8, 4) is 22.8 Å². The highest BCUT2D eigenvalue weighted by Crippen LogP contribution is 2.40. The number of carbonyl (C=O) groups is 1. The molecule has 0 fully saturated rings. The number of hydrogen-bond donors (Lipinski definition) is 3. The van der Waals surface area contributed by atoms with E-state index in [1.54, 1.807) is 6.07 Å². The van der Waals surface area contributed by atoms with Gasteiger partial charge in [-0.05, 0) is 42.2 Å². The van der Waals surface area contributed by atoms with Crippen molar-refractivity contribution in [1.82, 2.24) is 10.5 Å². The Labute approximate surface area is 182 Å². The van der Waals surface area contributed by atoms with Gasteiger partial charge in [0.15, 0.2) is 11.5 Å². The van der Waals surface area contributed by atoms with Gasteiger partial charge < -0.3 is 25.0 Å². The minimum atomic E-state index is -0.334. The minimum absolute atomic E-state index is 0.0144. The summed E-state index contributed by atoms with van der Waals surface area (Å²) in [6.45, 7) is 6.19. The maximum absolute atomic E-state index is 12.6. The summed E-state index contributed by atoms with van der Waals surface area (Å²) >= 11 is 0. The van der Waals surface area contributed by atoms with Gasteiger partial charge >= 0.3 is 0 Å². The molecule has 0 saturated carbocycles. The first-order valence-corrected chi connectivity index (χ1v) is 10.3. The molecule has 0 saturated heterocycles. The van der Waals surface area contributed by atoms with Gasteiger partial charge in [0.05, 0.1) is 5.56 Å². The van der Waals surface area contributed by atoms with Crippen LogP contribution in [0.2, 0.25) is 0 Å². The normalized spacial score (nSPS) is 11.0. The average molecular weight is 424 g/mol. The van der Waals surface area contributed by atoms with Crippen LogP contribution in [0.5, 0.6) is 11.5 Å². The van der Waals surface area contributed by atoms with Crippen LogP contribution in [0, 0.1) is 0 Å². The largest absolute Gasteiger partial charge is 0.508 e. The molecule has 7 nitrogen and oxygen atoms in total. The van der Waals surface area contributed by atoms with Crippen molar-refractivity contribution in [3.05, 3.63) is 58.8 Å². The molecule has 0 aliphatic heterocycles. The van der Waals surface area contributed by atoms with Crippen molar-refractivity contribution in [2.45, 2.75) is 33.1 Å². The number of carbonyl (C=O) groups excluding carboxylic acids is 1. The number of nitrogens with zero attached hydrogens (tertiary/aromatic N) is 2. The minimum Gasteiger partial charge on any atom is -0.508 e. The molecule has 3 aromatic rings. The van der Waals surface area contributed by atoms with Gasteiger partial charge in [0.2, 0.25) is 0 Å². The summed E-state index contributed by atoms with van der Waals surface area (Å²) in [5.41, 5.74) is 3.87. The number of rotatable bonds is 7. The van der Waals surface area contributed by atoms with Crippen molar-refractivity contribution in [1.29, 1.82) is 0 Å². The molecule has 0 radical (unpaired) electrons. The molecule has 31 heavy (non-hydrogen) atoms. The second kappa shape index (κ2) is 9.12. The summed E-state index contributed by atoms with van der Waals surface area (Å²) in [5.74, 6) is -0.102. The van der Waals surface area contributed by atoms with Gasteiger partial charge in [-0.25, -0.2) is 0 Å². The lowest BCUT2D eigenvalue weighted by Crippen LogP contribution is -2.24. The maximum Gasteiger partial charge on any atom is 0.273 e. The number of phenolic OH excluding ortho intramolecular Hbond substituents is 2. The molecule has 0 spiro atoms. The Hall–Kier alpha value is -3.48. The first-order valence-electron chi connectivity index (χ1n) is 10.3. The van der Waals surface area contributed by atoms with Crippen LogP contribution in [0.1, 0.15) is 53.9 Å². The molecule has 1 amide bonds. The molecular weight excluding hydrogens is 394 g/mol. The Morgan fingerprint density at radius 1 is 1.13 bits per heavy atom. The van der Waals surface area contributed by atoms with E-state index in [1.807, 2.05) is 64.0 Å². The molecule has 7 heteroatoms. The lowest BCUT2D eigenvalue weighted by Gasteiger charge is -2.14. The molecule has 3 N–H and O–H groups in total. The highest BCUT2D eigenvalue weighted by molar-refractivity contribution is 5.95. The van der Waals surface area contributed by atoms with Crippen LogP contribution in [0.15, 0.2) is 40.9 Å². The number of benzene rings is 2. The van der Waals surface area contributed by atoms with Crippen molar-refractivity contribution < 1.29 is 19.5 Å². The number of aromatic nitrogens is 1. The van der Waals surface area contributed by atoms with Crippen LogP contribution in [0.3, 0.4) is 0 Å². The summed E-state index contributed by atoms with van der Waals surface area (Å²) < 4.78 is 5.58. The van der Waals surface area contributed by atoms with Gasteiger partial charge in [0, 0.05) is 44.4 Å². The molecule has 0 atom stereocenters. The second-order valence-electron chi connectivity index (χ2n) is 8.02. The first kappa shape index (κ1) is 22.2. The topological polar surface area (TPSA) is 98.8 Å². The Bertz CT molecular complexity index is 1070. The maximum atomic E-state index is 12.6. The fourth-order valence-corrected chi connectivity index (χ4v) is 3.46. The summed E-state index contributed by atoms with van der Waals surface area (Å²) in [5, 5.41) is 27.5. The predicted molar refractivity (Wildman–Crippen MR) is 121 cm³/mol. The predicted octanol–water partition coefficient (Wildman–Crippen LogP) is 4.28. The summed E-state index contributed by atoms with van der Waals surface area (Å²) in [7, 11) is 3.94. The third-order valence-corrected chi connectivity index (χ3v) is 5.19. The molecule has 1 heterocycles. The molecule has 0 bridgehead atoms. The zero-order chi connectivity index (χ0) is 22.7. The first-order chi connectivity index (χ1) is 14.7. The number of phenols is 2. The van der Waals surface area contributed by atoms with E-state index in [2.05, 4.69) is 10.5 Å². The fourth-order valence-electron chi connectivity index (χ4n) is 3.46. The van der Waals surface area contributed by atoms with E-state index in [-0.39, 0.29) is 29.0 Å². The Morgan fingerprint density at radius 3 is 2.39 bits per heavy atom. The molecule has 3 rings (SSSR count). The number of anilines is 1. The zero-order valence-corrected chi connectivity index (χ0v) is 18.6. The molecular formula is C24H29N3O4. The molecule has 2 aromatic carbocycles. The van der Waals surface area contributed by atoms with Crippen LogP contribution in [0.25, 0.3) is 11.3 Å². The summed E-state index contributed by atoms with van der Waals surface area (Å²) in [4.78, 5) is 14.6. The van der Waals surface area contributed by atoms with E-state index < -0.39 is 0 Å². The van der Waals surface area contributed by atoms with Gasteiger partial charge in [-0.3, -0.25) is 4.79 Å². The smallest absolute Gasteiger partial charge is 0.273 e. The Balaban J connectivity index is 2.12. The average Bonchev–Trinajstić information content (AvgIpc) is 3.11. The van der Waals surface area contributed by atoms with Crippen molar-refractivity contribution in [2.24, 2.45) is 0 Å². The zero-order valence-electron chi connectivity index (χ0n) is 18.6.